The summed E-state index contributed by atoms with van der Waals surface area (Å²) in [5.74, 6) is 0. The average Bonchev–Trinajstić information content (AvgIpc) is 3.06. The maximum absolute atomic E-state index is 10.7. The van der Waals surface area contributed by atoms with Crippen LogP contribution in [0.1, 0.15) is 36.0 Å². The van der Waals surface area contributed by atoms with Crippen molar-refractivity contribution in [2.24, 2.45) is 0 Å². The van der Waals surface area contributed by atoms with Crippen LogP contribution < -0.4 is 0 Å². The van der Waals surface area contributed by atoms with Gasteiger partial charge in [-0.2, -0.15) is 0 Å². The normalized spacial score (nSPS) is 16.1. The van der Waals surface area contributed by atoms with Crippen molar-refractivity contribution in [3.63, 3.8) is 0 Å². The quantitative estimate of drug-likeness (QED) is 0.619. The summed E-state index contributed by atoms with van der Waals surface area (Å²) < 4.78 is 0. The van der Waals surface area contributed by atoms with Crippen molar-refractivity contribution in [3.05, 3.63) is 56.0 Å². The third kappa shape index (κ3) is 2.45. The van der Waals surface area contributed by atoms with Crippen LogP contribution in [-0.2, 0) is 18.3 Å². The molecule has 1 aromatic carbocycles. The van der Waals surface area contributed by atoms with Crippen molar-refractivity contribution < 1.29 is 4.92 Å². The second-order valence-corrected chi connectivity index (χ2v) is 6.24. The molecule has 0 aliphatic heterocycles. The van der Waals surface area contributed by atoms with Gasteiger partial charge in [0.15, 0.2) is 0 Å². The molecule has 0 radical (unpaired) electrons. The molecule has 2 aromatic rings. The molecular weight excluding hydrogens is 272 g/mol. The zero-order valence-electron chi connectivity index (χ0n) is 11.3. The first-order valence-electron chi connectivity index (χ1n) is 6.81. The zero-order valence-corrected chi connectivity index (χ0v) is 12.2. The van der Waals surface area contributed by atoms with Crippen LogP contribution >= 0.6 is 11.3 Å². The van der Waals surface area contributed by atoms with Crippen LogP contribution in [0, 0.1) is 10.1 Å². The molecule has 0 bridgehead atoms. The molecule has 20 heavy (non-hydrogen) atoms. The molecule has 0 spiro atoms. The van der Waals surface area contributed by atoms with Crippen LogP contribution in [0.3, 0.4) is 0 Å². The summed E-state index contributed by atoms with van der Waals surface area (Å²) in [5.41, 5.74) is 2.66. The van der Waals surface area contributed by atoms with Gasteiger partial charge in [0.1, 0.15) is 0 Å². The molecule has 0 atom stereocenters. The van der Waals surface area contributed by atoms with Gasteiger partial charge in [-0.05, 0) is 31.2 Å². The first kappa shape index (κ1) is 13.2. The second kappa shape index (κ2) is 4.98. The van der Waals surface area contributed by atoms with Crippen molar-refractivity contribution in [3.8, 4) is 0 Å². The van der Waals surface area contributed by atoms with Crippen molar-refractivity contribution in [2.45, 2.75) is 38.0 Å². The van der Waals surface area contributed by atoms with Gasteiger partial charge in [-0.15, -0.1) is 11.3 Å². The van der Waals surface area contributed by atoms with Crippen LogP contribution in [0.2, 0.25) is 0 Å². The summed E-state index contributed by atoms with van der Waals surface area (Å²) >= 11 is 1.75. The SMILES string of the molecule is CCc1csc(C2(Cc3ccc([N+](=O)[O-])cc3)CC2)n1. The Morgan fingerprint density at radius 2 is 2.05 bits per heavy atom. The van der Waals surface area contributed by atoms with Gasteiger partial charge >= 0.3 is 0 Å². The molecule has 1 aliphatic carbocycles. The van der Waals surface area contributed by atoms with E-state index in [4.69, 9.17) is 4.98 Å². The predicted molar refractivity (Wildman–Crippen MR) is 79.2 cm³/mol. The summed E-state index contributed by atoms with van der Waals surface area (Å²) in [5, 5.41) is 14.0. The number of non-ortho nitro benzene ring substituents is 1. The molecule has 1 saturated carbocycles. The highest BCUT2D eigenvalue weighted by atomic mass is 32.1. The molecular formula is C15H16N2O2S. The molecule has 5 heteroatoms. The van der Waals surface area contributed by atoms with Crippen LogP contribution in [0.4, 0.5) is 5.69 Å². The molecule has 104 valence electrons. The van der Waals surface area contributed by atoms with E-state index >= 15 is 0 Å². The topological polar surface area (TPSA) is 56.0 Å². The van der Waals surface area contributed by atoms with Gasteiger partial charge in [-0.3, -0.25) is 10.1 Å². The minimum absolute atomic E-state index is 0.154. The van der Waals surface area contributed by atoms with Gasteiger partial charge in [-0.1, -0.05) is 19.1 Å². The summed E-state index contributed by atoms with van der Waals surface area (Å²) in [6.45, 7) is 2.12. The van der Waals surface area contributed by atoms with Crippen molar-refractivity contribution in [2.75, 3.05) is 0 Å². The largest absolute Gasteiger partial charge is 0.269 e. The van der Waals surface area contributed by atoms with E-state index < -0.39 is 0 Å². The van der Waals surface area contributed by atoms with Crippen LogP contribution in [0.25, 0.3) is 0 Å². The van der Waals surface area contributed by atoms with Crippen LogP contribution in [0.5, 0.6) is 0 Å². The lowest BCUT2D eigenvalue weighted by molar-refractivity contribution is -0.384. The first-order chi connectivity index (χ1) is 9.63. The molecule has 0 amide bonds. The zero-order chi connectivity index (χ0) is 14.2. The van der Waals surface area contributed by atoms with E-state index in [0.29, 0.717) is 0 Å². The summed E-state index contributed by atoms with van der Waals surface area (Å²) in [6, 6.07) is 6.91. The Bertz CT molecular complexity index is 630. The minimum Gasteiger partial charge on any atom is -0.258 e. The Hall–Kier alpha value is -1.75. The monoisotopic (exact) mass is 288 g/mol. The van der Waals surface area contributed by atoms with Crippen molar-refractivity contribution in [1.29, 1.82) is 0 Å². The maximum Gasteiger partial charge on any atom is 0.269 e. The molecule has 1 fully saturated rings. The highest BCUT2D eigenvalue weighted by molar-refractivity contribution is 7.09. The Morgan fingerprint density at radius 3 is 2.55 bits per heavy atom. The van der Waals surface area contributed by atoms with E-state index in [9.17, 15) is 10.1 Å². The molecule has 0 N–H and O–H groups in total. The molecule has 4 nitrogen and oxygen atoms in total. The van der Waals surface area contributed by atoms with Gasteiger partial charge < -0.3 is 0 Å². The highest BCUT2D eigenvalue weighted by Crippen LogP contribution is 2.51. The molecule has 1 aliphatic rings. The Labute approximate surface area is 121 Å². The number of aromatic nitrogens is 1. The first-order valence-corrected chi connectivity index (χ1v) is 7.69. The maximum atomic E-state index is 10.7. The van der Waals surface area contributed by atoms with Crippen molar-refractivity contribution >= 4 is 17.0 Å². The average molecular weight is 288 g/mol. The number of benzene rings is 1. The number of rotatable bonds is 5. The lowest BCUT2D eigenvalue weighted by Gasteiger charge is -2.11. The van der Waals surface area contributed by atoms with Gasteiger partial charge in [-0.25, -0.2) is 4.98 Å². The third-order valence-corrected chi connectivity index (χ3v) is 5.05. The van der Waals surface area contributed by atoms with E-state index in [1.807, 2.05) is 12.1 Å². The Balaban J connectivity index is 1.78. The second-order valence-electron chi connectivity index (χ2n) is 5.38. The molecule has 0 unspecified atom stereocenters. The van der Waals surface area contributed by atoms with E-state index in [0.717, 1.165) is 18.4 Å². The number of nitro benzene ring substituents is 1. The summed E-state index contributed by atoms with van der Waals surface area (Å²) in [4.78, 5) is 15.0. The lowest BCUT2D eigenvalue weighted by Crippen LogP contribution is -2.10. The number of hydrogen-bond donors (Lipinski definition) is 0. The minimum atomic E-state index is -0.356. The highest BCUT2D eigenvalue weighted by Gasteiger charge is 2.46. The van der Waals surface area contributed by atoms with E-state index in [-0.39, 0.29) is 16.0 Å². The fourth-order valence-electron chi connectivity index (χ4n) is 2.46. The van der Waals surface area contributed by atoms with Crippen LogP contribution in [-0.4, -0.2) is 9.91 Å². The molecule has 1 aromatic heterocycles. The number of aryl methyl sites for hydroxylation is 1. The van der Waals surface area contributed by atoms with Gasteiger partial charge in [0, 0.05) is 22.9 Å². The number of nitro groups is 1. The Kier molecular flexibility index (Phi) is 3.30. The Morgan fingerprint density at radius 1 is 1.35 bits per heavy atom. The van der Waals surface area contributed by atoms with E-state index in [2.05, 4.69) is 12.3 Å². The molecule has 0 saturated heterocycles. The van der Waals surface area contributed by atoms with Gasteiger partial charge in [0.2, 0.25) is 0 Å². The number of hydrogen-bond acceptors (Lipinski definition) is 4. The fourth-order valence-corrected chi connectivity index (χ4v) is 3.62. The smallest absolute Gasteiger partial charge is 0.258 e. The van der Waals surface area contributed by atoms with Gasteiger partial charge in [0.05, 0.1) is 15.6 Å². The lowest BCUT2D eigenvalue weighted by atomic mass is 9.97. The fraction of sp³-hybridized carbons (Fsp3) is 0.400. The predicted octanol–water partition coefficient (Wildman–Crippen LogP) is 3.89. The van der Waals surface area contributed by atoms with Gasteiger partial charge in [0.25, 0.3) is 5.69 Å². The van der Waals surface area contributed by atoms with E-state index in [1.165, 1.54) is 23.5 Å². The molecule has 1 heterocycles. The standard InChI is InChI=1S/C15H16N2O2S/c1-2-12-10-20-14(16-12)15(7-8-15)9-11-3-5-13(6-4-11)17(18)19/h3-6,10H,2,7-9H2,1H3. The van der Waals surface area contributed by atoms with E-state index in [1.54, 1.807) is 23.5 Å². The van der Waals surface area contributed by atoms with Crippen LogP contribution in [0.15, 0.2) is 29.6 Å². The number of thiazole rings is 1. The molecule has 3 rings (SSSR count). The summed E-state index contributed by atoms with van der Waals surface area (Å²) in [6.07, 6.45) is 4.24. The third-order valence-electron chi connectivity index (χ3n) is 3.91. The number of nitrogens with zero attached hydrogens (tertiary/aromatic N) is 2. The van der Waals surface area contributed by atoms with Crippen molar-refractivity contribution in [1.82, 2.24) is 4.98 Å². The summed E-state index contributed by atoms with van der Waals surface area (Å²) in [7, 11) is 0.